The van der Waals surface area contributed by atoms with Crippen LogP contribution < -0.4 is 5.32 Å². The van der Waals surface area contributed by atoms with E-state index in [2.05, 4.69) is 24.1 Å². The molecule has 0 aromatic rings. The first-order valence-electron chi connectivity index (χ1n) is 8.45. The van der Waals surface area contributed by atoms with E-state index >= 15 is 0 Å². The molecule has 4 unspecified atom stereocenters. The van der Waals surface area contributed by atoms with Crippen molar-refractivity contribution in [3.63, 3.8) is 0 Å². The molecule has 1 rings (SSSR count). The van der Waals surface area contributed by atoms with Crippen LogP contribution in [0.4, 0.5) is 0 Å². The minimum atomic E-state index is -0.960. The quantitative estimate of drug-likeness (QED) is 0.791. The number of carbonyl (C=O) groups excluding carboxylic acids is 1. The molecule has 2 N–H and O–H groups in total. The summed E-state index contributed by atoms with van der Waals surface area (Å²) in [6, 6.07) is -0.167. The second-order valence-corrected chi connectivity index (χ2v) is 7.27. The fourth-order valence-corrected chi connectivity index (χ4v) is 3.64. The second-order valence-electron chi connectivity index (χ2n) is 7.27. The molecule has 4 atom stereocenters. The van der Waals surface area contributed by atoms with Crippen molar-refractivity contribution in [2.45, 2.75) is 90.9 Å². The van der Waals surface area contributed by atoms with Gasteiger partial charge < -0.3 is 10.4 Å². The molecular weight excluding hydrogens is 280 g/mol. The zero-order valence-corrected chi connectivity index (χ0v) is 14.8. The summed E-state index contributed by atoms with van der Waals surface area (Å²) in [6.45, 7) is 11.9. The molecule has 0 aliphatic carbocycles. The molecule has 1 aliphatic heterocycles. The van der Waals surface area contributed by atoms with E-state index in [-0.39, 0.29) is 11.8 Å². The average molecular weight is 312 g/mol. The lowest BCUT2D eigenvalue weighted by atomic mass is 9.88. The van der Waals surface area contributed by atoms with Gasteiger partial charge in [-0.2, -0.15) is 0 Å². The molecule has 0 saturated carbocycles. The van der Waals surface area contributed by atoms with Crippen molar-refractivity contribution in [3.8, 4) is 0 Å². The second kappa shape index (κ2) is 7.44. The smallest absolute Gasteiger partial charge is 0.326 e. The SMILES string of the molecule is CCC(C)C(NC(=O)C(C)(C)N1C(C)CCCC1C)C(=O)O. The Morgan fingerprint density at radius 3 is 2.18 bits per heavy atom. The number of carboxylic acids is 1. The van der Waals surface area contributed by atoms with E-state index in [1.54, 1.807) is 0 Å². The van der Waals surface area contributed by atoms with Gasteiger partial charge >= 0.3 is 5.97 Å². The molecule has 0 aromatic carbocycles. The third kappa shape index (κ3) is 4.00. The van der Waals surface area contributed by atoms with Gasteiger partial charge in [-0.05, 0) is 46.5 Å². The molecular formula is C17H32N2O3. The van der Waals surface area contributed by atoms with Gasteiger partial charge in [0.15, 0.2) is 0 Å². The molecule has 1 saturated heterocycles. The number of hydrogen-bond acceptors (Lipinski definition) is 3. The first-order chi connectivity index (χ1) is 10.1. The molecule has 1 amide bonds. The maximum absolute atomic E-state index is 12.8. The van der Waals surface area contributed by atoms with Gasteiger partial charge in [-0.3, -0.25) is 9.69 Å². The van der Waals surface area contributed by atoms with Crippen LogP contribution in [-0.4, -0.2) is 45.5 Å². The number of hydrogen-bond donors (Lipinski definition) is 2. The molecule has 0 bridgehead atoms. The largest absolute Gasteiger partial charge is 0.480 e. The van der Waals surface area contributed by atoms with Crippen molar-refractivity contribution in [3.05, 3.63) is 0 Å². The summed E-state index contributed by atoms with van der Waals surface area (Å²) in [5.41, 5.74) is -0.708. The summed E-state index contributed by atoms with van der Waals surface area (Å²) in [4.78, 5) is 26.5. The topological polar surface area (TPSA) is 69.6 Å². The van der Waals surface area contributed by atoms with Gasteiger partial charge in [0.05, 0.1) is 5.54 Å². The monoisotopic (exact) mass is 312 g/mol. The van der Waals surface area contributed by atoms with Gasteiger partial charge in [-0.15, -0.1) is 0 Å². The van der Waals surface area contributed by atoms with Crippen LogP contribution in [0.1, 0.15) is 67.2 Å². The minimum absolute atomic E-state index is 0.0894. The number of rotatable bonds is 6. The molecule has 1 fully saturated rings. The highest BCUT2D eigenvalue weighted by atomic mass is 16.4. The molecule has 1 aliphatic rings. The molecule has 0 aromatic heterocycles. The van der Waals surface area contributed by atoms with Crippen molar-refractivity contribution in [1.29, 1.82) is 0 Å². The maximum Gasteiger partial charge on any atom is 0.326 e. The van der Waals surface area contributed by atoms with Crippen LogP contribution in [0, 0.1) is 5.92 Å². The van der Waals surface area contributed by atoms with Crippen molar-refractivity contribution in [2.75, 3.05) is 0 Å². The van der Waals surface area contributed by atoms with E-state index < -0.39 is 17.6 Å². The number of likely N-dealkylation sites (tertiary alicyclic amines) is 1. The summed E-state index contributed by atoms with van der Waals surface area (Å²) in [5, 5.41) is 12.1. The molecule has 0 spiro atoms. The fourth-order valence-electron chi connectivity index (χ4n) is 3.64. The standard InChI is InChI=1S/C17H32N2O3/c1-7-11(2)14(15(20)21)18-16(22)17(5,6)19-12(3)9-8-10-13(19)4/h11-14H,7-10H2,1-6H3,(H,18,22)(H,20,21). The van der Waals surface area contributed by atoms with Crippen molar-refractivity contribution in [1.82, 2.24) is 10.2 Å². The van der Waals surface area contributed by atoms with Crippen LogP contribution in [0.2, 0.25) is 0 Å². The van der Waals surface area contributed by atoms with Crippen LogP contribution in [-0.2, 0) is 9.59 Å². The Hall–Kier alpha value is -1.10. The first-order valence-corrected chi connectivity index (χ1v) is 8.45. The van der Waals surface area contributed by atoms with E-state index in [0.29, 0.717) is 18.5 Å². The van der Waals surface area contributed by atoms with E-state index in [0.717, 1.165) is 12.8 Å². The summed E-state index contributed by atoms with van der Waals surface area (Å²) in [7, 11) is 0. The first kappa shape index (κ1) is 18.9. The predicted octanol–water partition coefficient (Wildman–Crippen LogP) is 2.64. The number of nitrogens with one attached hydrogen (secondary N) is 1. The Bertz CT molecular complexity index is 399. The van der Waals surface area contributed by atoms with Crippen LogP contribution in [0.25, 0.3) is 0 Å². The van der Waals surface area contributed by atoms with E-state index in [4.69, 9.17) is 0 Å². The van der Waals surface area contributed by atoms with Gasteiger partial charge in [0.2, 0.25) is 5.91 Å². The summed E-state index contributed by atoms with van der Waals surface area (Å²) in [6.07, 6.45) is 4.05. The zero-order chi connectivity index (χ0) is 17.1. The lowest BCUT2D eigenvalue weighted by molar-refractivity contribution is -0.147. The lowest BCUT2D eigenvalue weighted by Gasteiger charge is -2.48. The Labute approximate surface area is 134 Å². The highest BCUT2D eigenvalue weighted by Crippen LogP contribution is 2.30. The van der Waals surface area contributed by atoms with Crippen LogP contribution in [0.15, 0.2) is 0 Å². The van der Waals surface area contributed by atoms with Gasteiger partial charge in [-0.1, -0.05) is 26.7 Å². The third-order valence-corrected chi connectivity index (χ3v) is 5.16. The molecule has 1 heterocycles. The third-order valence-electron chi connectivity index (χ3n) is 5.16. The summed E-state index contributed by atoms with van der Waals surface area (Å²) >= 11 is 0. The Balaban J connectivity index is 2.91. The zero-order valence-electron chi connectivity index (χ0n) is 14.8. The Morgan fingerprint density at radius 2 is 1.77 bits per heavy atom. The normalized spacial score (nSPS) is 26.3. The van der Waals surface area contributed by atoms with Gasteiger partial charge in [-0.25, -0.2) is 4.79 Å². The van der Waals surface area contributed by atoms with Crippen LogP contribution in [0.5, 0.6) is 0 Å². The van der Waals surface area contributed by atoms with Crippen molar-refractivity contribution in [2.24, 2.45) is 5.92 Å². The summed E-state index contributed by atoms with van der Waals surface area (Å²) in [5.74, 6) is -1.24. The molecule has 128 valence electrons. The van der Waals surface area contributed by atoms with E-state index in [1.165, 1.54) is 6.42 Å². The van der Waals surface area contributed by atoms with Crippen LogP contribution in [0.3, 0.4) is 0 Å². The number of carboxylic acid groups (broad SMARTS) is 1. The van der Waals surface area contributed by atoms with Gasteiger partial charge in [0.1, 0.15) is 6.04 Å². The average Bonchev–Trinajstić information content (AvgIpc) is 2.42. The fraction of sp³-hybridized carbons (Fsp3) is 0.882. The highest BCUT2D eigenvalue weighted by Gasteiger charge is 2.43. The van der Waals surface area contributed by atoms with Gasteiger partial charge in [0, 0.05) is 12.1 Å². The minimum Gasteiger partial charge on any atom is -0.480 e. The number of nitrogens with zero attached hydrogens (tertiary/aromatic N) is 1. The van der Waals surface area contributed by atoms with E-state index in [1.807, 2.05) is 27.7 Å². The molecule has 22 heavy (non-hydrogen) atoms. The molecule has 0 radical (unpaired) electrons. The Kier molecular flexibility index (Phi) is 6.41. The molecule has 5 heteroatoms. The highest BCUT2D eigenvalue weighted by molar-refractivity contribution is 5.89. The maximum atomic E-state index is 12.8. The predicted molar refractivity (Wildman–Crippen MR) is 87.7 cm³/mol. The van der Waals surface area contributed by atoms with Crippen molar-refractivity contribution >= 4 is 11.9 Å². The lowest BCUT2D eigenvalue weighted by Crippen LogP contribution is -2.64. The molecule has 5 nitrogen and oxygen atoms in total. The van der Waals surface area contributed by atoms with Gasteiger partial charge in [0.25, 0.3) is 0 Å². The number of carbonyl (C=O) groups is 2. The number of amides is 1. The van der Waals surface area contributed by atoms with Crippen LogP contribution >= 0.6 is 0 Å². The number of piperidine rings is 1. The summed E-state index contributed by atoms with van der Waals surface area (Å²) < 4.78 is 0. The van der Waals surface area contributed by atoms with E-state index in [9.17, 15) is 14.7 Å². The Morgan fingerprint density at radius 1 is 1.27 bits per heavy atom. The number of aliphatic carboxylic acids is 1. The van der Waals surface area contributed by atoms with Crippen molar-refractivity contribution < 1.29 is 14.7 Å².